The fraction of sp³-hybridized carbons (Fsp3) is 0.833. The topological polar surface area (TPSA) is 75.4 Å². The second-order valence-electron chi connectivity index (χ2n) is 4.66. The van der Waals surface area contributed by atoms with E-state index in [-0.39, 0.29) is 23.9 Å². The molecule has 1 fully saturated rings. The number of rotatable bonds is 6. The van der Waals surface area contributed by atoms with Crippen molar-refractivity contribution >= 4 is 11.8 Å². The Kier molecular flexibility index (Phi) is 4.93. The maximum absolute atomic E-state index is 11.9. The van der Waals surface area contributed by atoms with Gasteiger partial charge in [-0.2, -0.15) is 0 Å². The Morgan fingerprint density at radius 1 is 1.47 bits per heavy atom. The molecule has 2 amide bonds. The first kappa shape index (κ1) is 14.0. The molecule has 0 radical (unpaired) electrons. The van der Waals surface area contributed by atoms with E-state index in [0.717, 1.165) is 19.3 Å². The Hall–Kier alpha value is -1.10. The van der Waals surface area contributed by atoms with E-state index in [2.05, 4.69) is 5.32 Å². The molecule has 1 aliphatic heterocycles. The van der Waals surface area contributed by atoms with Crippen LogP contribution < -0.4 is 11.1 Å². The van der Waals surface area contributed by atoms with Crippen molar-refractivity contribution in [3.63, 3.8) is 0 Å². The third-order valence-corrected chi connectivity index (χ3v) is 3.65. The number of nitrogens with zero attached hydrogens (tertiary/aromatic N) is 1. The van der Waals surface area contributed by atoms with Crippen molar-refractivity contribution in [3.05, 3.63) is 0 Å². The van der Waals surface area contributed by atoms with Crippen LogP contribution in [0.15, 0.2) is 0 Å². The minimum atomic E-state index is -0.320. The average Bonchev–Trinajstić information content (AvgIpc) is 2.72. The SMILES string of the molecule is CCC(CC)(CN)NC(=O)CN1CCCC1=O. The number of nitrogens with two attached hydrogens (primary N) is 1. The molecule has 98 valence electrons. The van der Waals surface area contributed by atoms with Crippen molar-refractivity contribution in [1.29, 1.82) is 0 Å². The molecule has 5 nitrogen and oxygen atoms in total. The van der Waals surface area contributed by atoms with Crippen molar-refractivity contribution in [2.45, 2.75) is 45.1 Å². The summed E-state index contributed by atoms with van der Waals surface area (Å²) in [6.45, 7) is 5.32. The molecule has 0 saturated carbocycles. The summed E-state index contributed by atoms with van der Waals surface area (Å²) in [7, 11) is 0. The number of amides is 2. The van der Waals surface area contributed by atoms with E-state index in [1.807, 2.05) is 13.8 Å². The highest BCUT2D eigenvalue weighted by atomic mass is 16.2. The minimum Gasteiger partial charge on any atom is -0.348 e. The molecule has 0 unspecified atom stereocenters. The highest BCUT2D eigenvalue weighted by molar-refractivity contribution is 5.86. The Labute approximate surface area is 103 Å². The van der Waals surface area contributed by atoms with Crippen molar-refractivity contribution in [3.8, 4) is 0 Å². The van der Waals surface area contributed by atoms with Gasteiger partial charge in [-0.15, -0.1) is 0 Å². The standard InChI is InChI=1S/C12H23N3O2/c1-3-12(4-2,9-13)14-10(16)8-15-7-5-6-11(15)17/h3-9,13H2,1-2H3,(H,14,16). The van der Waals surface area contributed by atoms with Gasteiger partial charge < -0.3 is 16.0 Å². The van der Waals surface area contributed by atoms with Crippen LogP contribution in [0.5, 0.6) is 0 Å². The molecule has 0 aliphatic carbocycles. The summed E-state index contributed by atoms with van der Waals surface area (Å²) in [4.78, 5) is 24.9. The number of carbonyl (C=O) groups excluding carboxylic acids is 2. The molecule has 5 heteroatoms. The Morgan fingerprint density at radius 3 is 2.53 bits per heavy atom. The molecule has 0 aromatic heterocycles. The number of hydrogen-bond donors (Lipinski definition) is 2. The highest BCUT2D eigenvalue weighted by Gasteiger charge is 2.28. The average molecular weight is 241 g/mol. The van der Waals surface area contributed by atoms with Crippen LogP contribution in [0.3, 0.4) is 0 Å². The van der Waals surface area contributed by atoms with Gasteiger partial charge in [0, 0.05) is 19.5 Å². The van der Waals surface area contributed by atoms with Crippen molar-refractivity contribution in [1.82, 2.24) is 10.2 Å². The van der Waals surface area contributed by atoms with Gasteiger partial charge in [0.05, 0.1) is 12.1 Å². The second kappa shape index (κ2) is 6.00. The van der Waals surface area contributed by atoms with E-state index in [0.29, 0.717) is 19.5 Å². The van der Waals surface area contributed by atoms with Gasteiger partial charge in [-0.1, -0.05) is 13.8 Å². The first-order valence-corrected chi connectivity index (χ1v) is 6.35. The molecule has 1 rings (SSSR count). The molecule has 0 aromatic carbocycles. The number of hydrogen-bond acceptors (Lipinski definition) is 3. The molecule has 1 saturated heterocycles. The Morgan fingerprint density at radius 2 is 2.12 bits per heavy atom. The van der Waals surface area contributed by atoms with E-state index < -0.39 is 0 Å². The van der Waals surface area contributed by atoms with Gasteiger partial charge in [-0.05, 0) is 19.3 Å². The van der Waals surface area contributed by atoms with Gasteiger partial charge in [0.25, 0.3) is 0 Å². The monoisotopic (exact) mass is 241 g/mol. The summed E-state index contributed by atoms with van der Waals surface area (Å²) in [5.74, 6) is -0.0269. The molecule has 0 atom stereocenters. The molecule has 17 heavy (non-hydrogen) atoms. The van der Waals surface area contributed by atoms with E-state index in [1.165, 1.54) is 0 Å². The molecule has 0 aromatic rings. The lowest BCUT2D eigenvalue weighted by atomic mass is 9.93. The van der Waals surface area contributed by atoms with Gasteiger partial charge in [0.2, 0.25) is 11.8 Å². The fourth-order valence-electron chi connectivity index (χ4n) is 2.15. The van der Waals surface area contributed by atoms with E-state index in [4.69, 9.17) is 5.73 Å². The summed E-state index contributed by atoms with van der Waals surface area (Å²) in [5.41, 5.74) is 5.40. The van der Waals surface area contributed by atoms with Crippen LogP contribution >= 0.6 is 0 Å². The maximum atomic E-state index is 11.9. The number of carbonyl (C=O) groups is 2. The Bertz CT molecular complexity index is 279. The van der Waals surface area contributed by atoms with Crippen molar-refractivity contribution < 1.29 is 9.59 Å². The molecule has 1 heterocycles. The van der Waals surface area contributed by atoms with Crippen LogP contribution in [0.25, 0.3) is 0 Å². The largest absolute Gasteiger partial charge is 0.348 e. The van der Waals surface area contributed by atoms with E-state index in [9.17, 15) is 9.59 Å². The minimum absolute atomic E-state index is 0.0755. The van der Waals surface area contributed by atoms with Crippen LogP contribution in [0.4, 0.5) is 0 Å². The van der Waals surface area contributed by atoms with Crippen LogP contribution in [-0.2, 0) is 9.59 Å². The van der Waals surface area contributed by atoms with Crippen molar-refractivity contribution in [2.75, 3.05) is 19.6 Å². The summed E-state index contributed by atoms with van der Waals surface area (Å²) >= 11 is 0. The van der Waals surface area contributed by atoms with Gasteiger partial charge >= 0.3 is 0 Å². The first-order valence-electron chi connectivity index (χ1n) is 6.35. The van der Waals surface area contributed by atoms with Gasteiger partial charge in [-0.25, -0.2) is 0 Å². The lowest BCUT2D eigenvalue weighted by molar-refractivity contribution is -0.133. The molecule has 0 bridgehead atoms. The number of likely N-dealkylation sites (tertiary alicyclic amines) is 1. The van der Waals surface area contributed by atoms with Crippen molar-refractivity contribution in [2.24, 2.45) is 5.73 Å². The maximum Gasteiger partial charge on any atom is 0.240 e. The zero-order valence-electron chi connectivity index (χ0n) is 10.8. The fourth-order valence-corrected chi connectivity index (χ4v) is 2.15. The van der Waals surface area contributed by atoms with Crippen LogP contribution in [0, 0.1) is 0 Å². The molecule has 0 spiro atoms. The first-order chi connectivity index (χ1) is 8.06. The predicted molar refractivity (Wildman–Crippen MR) is 66.3 cm³/mol. The third kappa shape index (κ3) is 3.43. The lowest BCUT2D eigenvalue weighted by Gasteiger charge is -2.32. The van der Waals surface area contributed by atoms with Crippen LogP contribution in [0.2, 0.25) is 0 Å². The van der Waals surface area contributed by atoms with Gasteiger partial charge in [-0.3, -0.25) is 9.59 Å². The summed E-state index contributed by atoms with van der Waals surface area (Å²) in [6.07, 6.45) is 3.03. The van der Waals surface area contributed by atoms with Crippen LogP contribution in [-0.4, -0.2) is 41.9 Å². The molecule has 1 aliphatic rings. The zero-order chi connectivity index (χ0) is 12.9. The normalized spacial score (nSPS) is 16.4. The van der Waals surface area contributed by atoms with E-state index in [1.54, 1.807) is 4.90 Å². The lowest BCUT2D eigenvalue weighted by Crippen LogP contribution is -2.55. The molecule has 3 N–H and O–H groups in total. The smallest absolute Gasteiger partial charge is 0.240 e. The highest BCUT2D eigenvalue weighted by Crippen LogP contribution is 2.14. The Balaban J connectivity index is 2.50. The molecular formula is C12H23N3O2. The van der Waals surface area contributed by atoms with E-state index >= 15 is 0 Å². The summed E-state index contributed by atoms with van der Waals surface area (Å²) in [6, 6.07) is 0. The molecular weight excluding hydrogens is 218 g/mol. The number of nitrogens with one attached hydrogen (secondary N) is 1. The second-order valence-corrected chi connectivity index (χ2v) is 4.66. The summed E-state index contributed by atoms with van der Waals surface area (Å²) in [5, 5.41) is 2.97. The van der Waals surface area contributed by atoms with Crippen LogP contribution in [0.1, 0.15) is 39.5 Å². The third-order valence-electron chi connectivity index (χ3n) is 3.65. The van der Waals surface area contributed by atoms with Gasteiger partial charge in [0.1, 0.15) is 0 Å². The zero-order valence-corrected chi connectivity index (χ0v) is 10.8. The quantitative estimate of drug-likeness (QED) is 0.699. The predicted octanol–water partition coefficient (Wildman–Crippen LogP) is 0.243. The summed E-state index contributed by atoms with van der Waals surface area (Å²) < 4.78 is 0. The van der Waals surface area contributed by atoms with Gasteiger partial charge in [0.15, 0.2) is 0 Å².